The number of aliphatic hydroxyl groups is 2. The van der Waals surface area contributed by atoms with Gasteiger partial charge in [0.15, 0.2) is 0 Å². The van der Waals surface area contributed by atoms with Crippen LogP contribution in [0.4, 0.5) is 0 Å². The lowest BCUT2D eigenvalue weighted by Crippen LogP contribution is -2.49. The first kappa shape index (κ1) is 36.2. The van der Waals surface area contributed by atoms with Crippen LogP contribution < -0.4 is 11.1 Å². The minimum Gasteiger partial charge on any atom is -0.462 e. The summed E-state index contributed by atoms with van der Waals surface area (Å²) in [5.74, 6) is 1.43. The van der Waals surface area contributed by atoms with Crippen molar-refractivity contribution in [1.29, 1.82) is 0 Å². The highest BCUT2D eigenvalue weighted by molar-refractivity contribution is 5.66. The Morgan fingerprint density at radius 2 is 1.60 bits per heavy atom. The Bertz CT molecular complexity index is 808. The second-order valence-electron chi connectivity index (χ2n) is 13.9. The summed E-state index contributed by atoms with van der Waals surface area (Å²) in [5.41, 5.74) is 6.24. The number of aliphatic hydroxyl groups excluding tert-OH is 2. The van der Waals surface area contributed by atoms with Gasteiger partial charge in [-0.25, -0.2) is 0 Å². The molecule has 250 valence electrons. The Hall–Kier alpha value is -1.26. The van der Waals surface area contributed by atoms with Gasteiger partial charge in [0, 0.05) is 34.0 Å². The molecule has 1 heterocycles. The van der Waals surface area contributed by atoms with E-state index < -0.39 is 6.10 Å². The highest BCUT2D eigenvalue weighted by atomic mass is 16.6. The number of nitrogens with one attached hydrogen (secondary N) is 1. The molecule has 2 aliphatic carbocycles. The van der Waals surface area contributed by atoms with Crippen LogP contribution in [0.3, 0.4) is 0 Å². The van der Waals surface area contributed by atoms with Gasteiger partial charge in [-0.1, -0.05) is 44.9 Å². The molecule has 0 aromatic carbocycles. The van der Waals surface area contributed by atoms with Crippen LogP contribution in [0.15, 0.2) is 0 Å². The summed E-state index contributed by atoms with van der Waals surface area (Å²) in [6.45, 7) is 3.88. The van der Waals surface area contributed by atoms with Crippen LogP contribution in [0.1, 0.15) is 123 Å². The summed E-state index contributed by atoms with van der Waals surface area (Å²) in [6, 6.07) is 0. The molecule has 0 aromatic rings. The molecule has 3 aliphatic rings. The molecule has 2 saturated carbocycles. The van der Waals surface area contributed by atoms with E-state index in [-0.39, 0.29) is 48.9 Å². The van der Waals surface area contributed by atoms with E-state index in [1.165, 1.54) is 52.4 Å². The maximum Gasteiger partial charge on any atom is 0.302 e. The predicted molar refractivity (Wildman–Crippen MR) is 167 cm³/mol. The van der Waals surface area contributed by atoms with Crippen molar-refractivity contribution in [2.75, 3.05) is 20.3 Å². The van der Waals surface area contributed by atoms with Crippen LogP contribution in [-0.4, -0.2) is 73.0 Å². The summed E-state index contributed by atoms with van der Waals surface area (Å²) >= 11 is 0. The number of carbonyl (C=O) groups is 2. The summed E-state index contributed by atoms with van der Waals surface area (Å²) < 4.78 is 17.2. The van der Waals surface area contributed by atoms with E-state index in [1.807, 2.05) is 0 Å². The van der Waals surface area contributed by atoms with Crippen LogP contribution >= 0.6 is 0 Å². The Morgan fingerprint density at radius 1 is 0.907 bits per heavy atom. The Balaban J connectivity index is 1.58. The van der Waals surface area contributed by atoms with Crippen LogP contribution in [0.5, 0.6) is 0 Å². The normalized spacial score (nSPS) is 30.7. The van der Waals surface area contributed by atoms with Crippen LogP contribution in [0, 0.1) is 29.6 Å². The summed E-state index contributed by atoms with van der Waals surface area (Å²) in [5, 5.41) is 24.2. The van der Waals surface area contributed by atoms with Crippen molar-refractivity contribution in [2.24, 2.45) is 35.3 Å². The minimum absolute atomic E-state index is 0.0232. The van der Waals surface area contributed by atoms with Gasteiger partial charge in [0.25, 0.3) is 0 Å². The van der Waals surface area contributed by atoms with E-state index in [9.17, 15) is 19.8 Å². The lowest BCUT2D eigenvalue weighted by atomic mass is 9.66. The third-order valence-electron chi connectivity index (χ3n) is 10.6. The molecule has 9 heteroatoms. The first-order valence-corrected chi connectivity index (χ1v) is 17.3. The monoisotopic (exact) mass is 610 g/mol. The first-order valence-electron chi connectivity index (χ1n) is 17.3. The van der Waals surface area contributed by atoms with E-state index in [0.717, 1.165) is 57.4 Å². The largest absolute Gasteiger partial charge is 0.462 e. The molecule has 1 saturated heterocycles. The molecular formula is C34H62N2O7. The van der Waals surface area contributed by atoms with Gasteiger partial charge in [-0.2, -0.15) is 0 Å². The van der Waals surface area contributed by atoms with Gasteiger partial charge in [0.05, 0.1) is 18.4 Å². The maximum absolute atomic E-state index is 12.1. The molecule has 5 N–H and O–H groups in total. The maximum atomic E-state index is 12.1. The van der Waals surface area contributed by atoms with Crippen molar-refractivity contribution in [2.45, 2.75) is 154 Å². The molecule has 0 bridgehead atoms. The summed E-state index contributed by atoms with van der Waals surface area (Å²) in [4.78, 5) is 24.2. The Kier molecular flexibility index (Phi) is 16.3. The van der Waals surface area contributed by atoms with E-state index in [4.69, 9.17) is 19.9 Å². The summed E-state index contributed by atoms with van der Waals surface area (Å²) in [6.07, 6.45) is 15.4. The van der Waals surface area contributed by atoms with Crippen LogP contribution in [-0.2, 0) is 23.8 Å². The van der Waals surface area contributed by atoms with Crippen molar-refractivity contribution < 1.29 is 34.0 Å². The first-order chi connectivity index (χ1) is 20.7. The van der Waals surface area contributed by atoms with Crippen molar-refractivity contribution in [3.8, 4) is 0 Å². The van der Waals surface area contributed by atoms with Gasteiger partial charge >= 0.3 is 11.9 Å². The number of ether oxygens (including phenoxy) is 3. The van der Waals surface area contributed by atoms with Gasteiger partial charge in [-0.15, -0.1) is 0 Å². The molecule has 9 atom stereocenters. The standard InChI is InChI=1S/C34H62N2O7/c1-23(38)42-29(14-12-26(22-37)11-7-10-25-8-5-4-6-9-25)20-30(43-24(2)39)15-13-27-18-33(41-3)32(40)21-31(27)28-16-17-36-34(35)19-28/h25-34,36-37,40H,4-22,35H2,1-3H3/t26-,27?,28?,29+,30-,31?,32?,33?,34?/m1/s1. The average molecular weight is 611 g/mol. The lowest BCUT2D eigenvalue weighted by molar-refractivity contribution is -0.153. The van der Waals surface area contributed by atoms with Crippen molar-refractivity contribution in [1.82, 2.24) is 5.32 Å². The van der Waals surface area contributed by atoms with Gasteiger partial charge < -0.3 is 35.5 Å². The van der Waals surface area contributed by atoms with Gasteiger partial charge in [0.2, 0.25) is 0 Å². The molecule has 43 heavy (non-hydrogen) atoms. The third-order valence-corrected chi connectivity index (χ3v) is 10.6. The fourth-order valence-corrected chi connectivity index (χ4v) is 8.32. The molecule has 0 aromatic heterocycles. The van der Waals surface area contributed by atoms with Gasteiger partial charge in [0.1, 0.15) is 12.2 Å². The number of hydrogen-bond donors (Lipinski definition) is 4. The predicted octanol–water partition coefficient (Wildman–Crippen LogP) is 4.85. The van der Waals surface area contributed by atoms with Gasteiger partial charge in [-0.3, -0.25) is 9.59 Å². The number of rotatable bonds is 17. The average Bonchev–Trinajstić information content (AvgIpc) is 2.97. The van der Waals surface area contributed by atoms with E-state index in [0.29, 0.717) is 43.4 Å². The van der Waals surface area contributed by atoms with Crippen molar-refractivity contribution in [3.63, 3.8) is 0 Å². The van der Waals surface area contributed by atoms with Crippen LogP contribution in [0.2, 0.25) is 0 Å². The lowest BCUT2D eigenvalue weighted by Gasteiger charge is -2.45. The molecule has 3 fully saturated rings. The van der Waals surface area contributed by atoms with Crippen LogP contribution in [0.25, 0.3) is 0 Å². The SMILES string of the molecule is COC1CC(CC[C@H](C[C@H](CC[C@H](CO)CCCC2CCCCC2)OC(C)=O)OC(C)=O)C(C2CCNC(N)C2)CC1O. The molecule has 9 nitrogen and oxygen atoms in total. The fourth-order valence-electron chi connectivity index (χ4n) is 8.32. The smallest absolute Gasteiger partial charge is 0.302 e. The van der Waals surface area contributed by atoms with E-state index in [1.54, 1.807) is 7.11 Å². The molecular weight excluding hydrogens is 548 g/mol. The Labute approximate surface area is 260 Å². The molecule has 0 radical (unpaired) electrons. The molecule has 0 amide bonds. The third kappa shape index (κ3) is 12.9. The second kappa shape index (κ2) is 19.3. The number of esters is 2. The van der Waals surface area contributed by atoms with Crippen molar-refractivity contribution in [3.05, 3.63) is 0 Å². The highest BCUT2D eigenvalue weighted by Crippen LogP contribution is 2.43. The fraction of sp³-hybridized carbons (Fsp3) is 0.941. The molecule has 0 spiro atoms. The zero-order chi connectivity index (χ0) is 31.2. The highest BCUT2D eigenvalue weighted by Gasteiger charge is 2.41. The van der Waals surface area contributed by atoms with Gasteiger partial charge in [-0.05, 0) is 93.9 Å². The second-order valence-corrected chi connectivity index (χ2v) is 13.9. The minimum atomic E-state index is -0.489. The summed E-state index contributed by atoms with van der Waals surface area (Å²) in [7, 11) is 1.66. The quantitative estimate of drug-likeness (QED) is 0.170. The zero-order valence-corrected chi connectivity index (χ0v) is 27.2. The number of hydrogen-bond acceptors (Lipinski definition) is 9. The zero-order valence-electron chi connectivity index (χ0n) is 27.2. The molecule has 3 rings (SSSR count). The molecule has 6 unspecified atom stereocenters. The Morgan fingerprint density at radius 3 is 2.23 bits per heavy atom. The van der Waals surface area contributed by atoms with E-state index in [2.05, 4.69) is 5.32 Å². The number of nitrogens with two attached hydrogens (primary N) is 1. The topological polar surface area (TPSA) is 140 Å². The molecule has 1 aliphatic heterocycles. The van der Waals surface area contributed by atoms with E-state index >= 15 is 0 Å². The van der Waals surface area contributed by atoms with Crippen molar-refractivity contribution >= 4 is 11.9 Å². The number of methoxy groups -OCH3 is 1. The number of piperidine rings is 1. The number of carbonyl (C=O) groups excluding carboxylic acids is 2.